The second-order valence-electron chi connectivity index (χ2n) is 4.43. The Morgan fingerprint density at radius 3 is 3.12 bits per heavy atom. The van der Waals surface area contributed by atoms with E-state index in [9.17, 15) is 0 Å². The zero-order valence-electron chi connectivity index (χ0n) is 10.3. The van der Waals surface area contributed by atoms with Gasteiger partial charge in [-0.3, -0.25) is 0 Å². The van der Waals surface area contributed by atoms with Crippen LogP contribution in [0.15, 0.2) is 0 Å². The summed E-state index contributed by atoms with van der Waals surface area (Å²) in [7, 11) is 0. The van der Waals surface area contributed by atoms with Crippen molar-refractivity contribution < 1.29 is 14.6 Å². The summed E-state index contributed by atoms with van der Waals surface area (Å²) >= 11 is 0. The maximum absolute atomic E-state index is 8.68. The van der Waals surface area contributed by atoms with Crippen molar-refractivity contribution in [1.82, 2.24) is 5.32 Å². The van der Waals surface area contributed by atoms with Gasteiger partial charge in [0.05, 0.1) is 19.3 Å². The molecule has 4 heteroatoms. The molecule has 0 bridgehead atoms. The van der Waals surface area contributed by atoms with E-state index < -0.39 is 0 Å². The Morgan fingerprint density at radius 2 is 2.44 bits per heavy atom. The minimum atomic E-state index is 0.279. The molecule has 1 rings (SSSR count). The molecule has 0 aromatic rings. The molecular weight excluding hydrogens is 206 g/mol. The van der Waals surface area contributed by atoms with E-state index in [-0.39, 0.29) is 6.61 Å². The molecule has 0 aliphatic carbocycles. The lowest BCUT2D eigenvalue weighted by Crippen LogP contribution is -2.30. The van der Waals surface area contributed by atoms with Crippen LogP contribution in [0.4, 0.5) is 0 Å². The van der Waals surface area contributed by atoms with E-state index in [1.165, 1.54) is 6.42 Å². The van der Waals surface area contributed by atoms with Crippen LogP contribution in [0.5, 0.6) is 0 Å². The first-order valence-corrected chi connectivity index (χ1v) is 6.36. The second kappa shape index (κ2) is 8.93. The highest BCUT2D eigenvalue weighted by Gasteiger charge is 2.14. The highest BCUT2D eigenvalue weighted by Crippen LogP contribution is 2.11. The lowest BCUT2D eigenvalue weighted by atomic mass is 10.2. The second-order valence-corrected chi connectivity index (χ2v) is 4.43. The quantitative estimate of drug-likeness (QED) is 0.580. The van der Waals surface area contributed by atoms with E-state index in [0.717, 1.165) is 45.6 Å². The molecule has 2 N–H and O–H groups in total. The van der Waals surface area contributed by atoms with E-state index in [2.05, 4.69) is 12.2 Å². The lowest BCUT2D eigenvalue weighted by Gasteiger charge is -2.14. The number of nitrogens with one attached hydrogen (secondary N) is 1. The van der Waals surface area contributed by atoms with Crippen molar-refractivity contribution in [3.8, 4) is 0 Å². The number of rotatable bonds is 9. The number of hydrogen-bond acceptors (Lipinski definition) is 4. The Labute approximate surface area is 98.3 Å². The minimum Gasteiger partial charge on any atom is -0.396 e. The van der Waals surface area contributed by atoms with Crippen LogP contribution in [0.25, 0.3) is 0 Å². The fraction of sp³-hybridized carbons (Fsp3) is 1.00. The van der Waals surface area contributed by atoms with E-state index >= 15 is 0 Å². The van der Waals surface area contributed by atoms with Gasteiger partial charge in [0.15, 0.2) is 0 Å². The molecule has 0 spiro atoms. The largest absolute Gasteiger partial charge is 0.396 e. The molecule has 4 nitrogen and oxygen atoms in total. The lowest BCUT2D eigenvalue weighted by molar-refractivity contribution is 0.0178. The molecule has 1 heterocycles. The number of aliphatic hydroxyl groups is 1. The molecule has 0 aromatic carbocycles. The summed E-state index contributed by atoms with van der Waals surface area (Å²) in [6.45, 7) is 5.65. The molecule has 2 unspecified atom stereocenters. The molecule has 1 fully saturated rings. The van der Waals surface area contributed by atoms with Crippen molar-refractivity contribution >= 4 is 0 Å². The van der Waals surface area contributed by atoms with Crippen LogP contribution < -0.4 is 5.32 Å². The summed E-state index contributed by atoms with van der Waals surface area (Å²) in [6, 6.07) is 0.457. The van der Waals surface area contributed by atoms with Crippen molar-refractivity contribution in [2.75, 3.05) is 33.0 Å². The zero-order valence-corrected chi connectivity index (χ0v) is 10.3. The van der Waals surface area contributed by atoms with Crippen LogP contribution in [0, 0.1) is 0 Å². The van der Waals surface area contributed by atoms with E-state index in [1.807, 2.05) is 0 Å². The Hall–Kier alpha value is -0.160. The van der Waals surface area contributed by atoms with Crippen molar-refractivity contribution in [3.05, 3.63) is 0 Å². The van der Waals surface area contributed by atoms with Crippen molar-refractivity contribution in [2.45, 2.75) is 44.8 Å². The van der Waals surface area contributed by atoms with Gasteiger partial charge >= 0.3 is 0 Å². The highest BCUT2D eigenvalue weighted by molar-refractivity contribution is 4.64. The van der Waals surface area contributed by atoms with Gasteiger partial charge < -0.3 is 19.9 Å². The minimum absolute atomic E-state index is 0.279. The average Bonchev–Trinajstić information content (AvgIpc) is 2.79. The third-order valence-corrected chi connectivity index (χ3v) is 2.86. The molecule has 0 saturated carbocycles. The van der Waals surface area contributed by atoms with Crippen LogP contribution in [-0.2, 0) is 9.47 Å². The summed E-state index contributed by atoms with van der Waals surface area (Å²) < 4.78 is 11.0. The first kappa shape index (κ1) is 13.9. The number of ether oxygens (including phenoxy) is 2. The van der Waals surface area contributed by atoms with Crippen molar-refractivity contribution in [1.29, 1.82) is 0 Å². The van der Waals surface area contributed by atoms with Gasteiger partial charge in [0.25, 0.3) is 0 Å². The summed E-state index contributed by atoms with van der Waals surface area (Å²) in [5, 5.41) is 12.0. The van der Waals surface area contributed by atoms with Gasteiger partial charge in [-0.25, -0.2) is 0 Å². The normalized spacial score (nSPS) is 22.5. The summed E-state index contributed by atoms with van der Waals surface area (Å²) in [6.07, 6.45) is 4.52. The number of aliphatic hydroxyl groups excluding tert-OH is 1. The Bertz CT molecular complexity index is 160. The molecule has 0 amide bonds. The summed E-state index contributed by atoms with van der Waals surface area (Å²) in [5.74, 6) is 0. The molecule has 0 radical (unpaired) electrons. The predicted molar refractivity (Wildman–Crippen MR) is 63.6 cm³/mol. The Morgan fingerprint density at radius 1 is 1.56 bits per heavy atom. The van der Waals surface area contributed by atoms with Crippen LogP contribution >= 0.6 is 0 Å². The van der Waals surface area contributed by atoms with Gasteiger partial charge in [0.1, 0.15) is 0 Å². The van der Waals surface area contributed by atoms with Crippen molar-refractivity contribution in [3.63, 3.8) is 0 Å². The molecule has 96 valence electrons. The van der Waals surface area contributed by atoms with Crippen LogP contribution in [0.2, 0.25) is 0 Å². The molecule has 0 aromatic heterocycles. The fourth-order valence-electron chi connectivity index (χ4n) is 1.87. The maximum atomic E-state index is 8.68. The zero-order chi connectivity index (χ0) is 11.6. The standard InChI is InChI=1S/C12H25NO3/c1-11(4-2-7-14)13-6-9-15-10-12-5-3-8-16-12/h11-14H,2-10H2,1H3. The van der Waals surface area contributed by atoms with Gasteiger partial charge in [-0.2, -0.15) is 0 Å². The molecular formula is C12H25NO3. The number of hydrogen-bond donors (Lipinski definition) is 2. The van der Waals surface area contributed by atoms with E-state index in [1.54, 1.807) is 0 Å². The van der Waals surface area contributed by atoms with Gasteiger partial charge in [0, 0.05) is 25.8 Å². The first-order chi connectivity index (χ1) is 7.83. The average molecular weight is 231 g/mol. The van der Waals surface area contributed by atoms with Gasteiger partial charge in [-0.05, 0) is 32.6 Å². The smallest absolute Gasteiger partial charge is 0.0809 e. The predicted octanol–water partition coefficient (Wildman–Crippen LogP) is 0.933. The monoisotopic (exact) mass is 231 g/mol. The Balaban J connectivity index is 1.83. The van der Waals surface area contributed by atoms with Gasteiger partial charge in [0.2, 0.25) is 0 Å². The Kier molecular flexibility index (Phi) is 7.76. The highest BCUT2D eigenvalue weighted by atomic mass is 16.5. The molecule has 1 aliphatic heterocycles. The van der Waals surface area contributed by atoms with E-state index in [4.69, 9.17) is 14.6 Å². The van der Waals surface area contributed by atoms with E-state index in [0.29, 0.717) is 12.1 Å². The third kappa shape index (κ3) is 6.43. The molecule has 1 saturated heterocycles. The van der Waals surface area contributed by atoms with Gasteiger partial charge in [-0.15, -0.1) is 0 Å². The molecule has 2 atom stereocenters. The summed E-state index contributed by atoms with van der Waals surface area (Å²) in [4.78, 5) is 0. The maximum Gasteiger partial charge on any atom is 0.0809 e. The van der Waals surface area contributed by atoms with Gasteiger partial charge in [-0.1, -0.05) is 0 Å². The van der Waals surface area contributed by atoms with Crippen LogP contribution in [-0.4, -0.2) is 50.2 Å². The van der Waals surface area contributed by atoms with Crippen LogP contribution in [0.3, 0.4) is 0 Å². The van der Waals surface area contributed by atoms with Crippen molar-refractivity contribution in [2.24, 2.45) is 0 Å². The topological polar surface area (TPSA) is 50.7 Å². The fourth-order valence-corrected chi connectivity index (χ4v) is 1.87. The first-order valence-electron chi connectivity index (χ1n) is 6.36. The molecule has 16 heavy (non-hydrogen) atoms. The van der Waals surface area contributed by atoms with Crippen LogP contribution in [0.1, 0.15) is 32.6 Å². The summed E-state index contributed by atoms with van der Waals surface area (Å²) in [5.41, 5.74) is 0. The third-order valence-electron chi connectivity index (χ3n) is 2.86. The molecule has 1 aliphatic rings. The SMILES string of the molecule is CC(CCCO)NCCOCC1CCCO1.